The van der Waals surface area contributed by atoms with Gasteiger partial charge in [0.15, 0.2) is 5.78 Å². The Balaban J connectivity index is 2.74. The third kappa shape index (κ3) is 1.71. The molecule has 1 aliphatic carbocycles. The molecule has 0 heterocycles. The fourth-order valence-corrected chi connectivity index (χ4v) is 2.43. The maximum atomic E-state index is 11.5. The average Bonchev–Trinajstić information content (AvgIpc) is 2.25. The maximum absolute atomic E-state index is 11.5. The van der Waals surface area contributed by atoms with Crippen molar-refractivity contribution in [3.05, 3.63) is 33.9 Å². The molecule has 0 saturated carbocycles. The van der Waals surface area contributed by atoms with E-state index in [1.165, 1.54) is 12.5 Å². The van der Waals surface area contributed by atoms with Gasteiger partial charge in [-0.2, -0.15) is 0 Å². The Bertz CT molecular complexity index is 539. The molecule has 0 radical (unpaired) electrons. The Kier molecular flexibility index (Phi) is 2.69. The van der Waals surface area contributed by atoms with Crippen LogP contribution in [0, 0.1) is 6.92 Å². The first-order chi connectivity index (χ1) is 7.93. The molecule has 1 aromatic rings. The summed E-state index contributed by atoms with van der Waals surface area (Å²) >= 11 is 0. The molecule has 3 nitrogen and oxygen atoms in total. The number of benzene rings is 1. The minimum atomic E-state index is -0.218. The van der Waals surface area contributed by atoms with Crippen LogP contribution in [0.3, 0.4) is 0 Å². The minimum Gasteiger partial charge on any atom is -0.507 e. The summed E-state index contributed by atoms with van der Waals surface area (Å²) in [6.45, 7) is 5.06. The highest BCUT2D eigenvalue weighted by Gasteiger charge is 2.24. The largest absolute Gasteiger partial charge is 0.507 e. The van der Waals surface area contributed by atoms with E-state index in [4.69, 9.17) is 0 Å². The van der Waals surface area contributed by atoms with Gasteiger partial charge in [0, 0.05) is 16.7 Å². The van der Waals surface area contributed by atoms with Gasteiger partial charge in [-0.15, -0.1) is 0 Å². The maximum Gasteiger partial charge on any atom is 0.163 e. The molecule has 0 spiro atoms. The molecule has 2 N–H and O–H groups in total. The van der Waals surface area contributed by atoms with E-state index in [1.807, 2.05) is 13.0 Å². The zero-order valence-electron chi connectivity index (χ0n) is 10.3. The second kappa shape index (κ2) is 3.91. The van der Waals surface area contributed by atoms with Gasteiger partial charge in [-0.1, -0.05) is 11.6 Å². The number of aromatic hydroxyl groups is 2. The number of rotatable bonds is 1. The highest BCUT2D eigenvalue weighted by molar-refractivity contribution is 5.99. The van der Waals surface area contributed by atoms with Crippen LogP contribution in [0.5, 0.6) is 11.5 Å². The normalized spacial score (nSPS) is 14.2. The van der Waals surface area contributed by atoms with E-state index in [1.54, 1.807) is 6.92 Å². The zero-order chi connectivity index (χ0) is 12.7. The van der Waals surface area contributed by atoms with Crippen molar-refractivity contribution < 1.29 is 15.0 Å². The van der Waals surface area contributed by atoms with Gasteiger partial charge in [-0.25, -0.2) is 0 Å². The summed E-state index contributed by atoms with van der Waals surface area (Å²) in [6.07, 6.45) is 3.22. The second-order valence-electron chi connectivity index (χ2n) is 4.64. The summed E-state index contributed by atoms with van der Waals surface area (Å²) in [7, 11) is 0. The summed E-state index contributed by atoms with van der Waals surface area (Å²) < 4.78 is 0. The Morgan fingerprint density at radius 2 is 1.82 bits per heavy atom. The van der Waals surface area contributed by atoms with Crippen molar-refractivity contribution >= 4 is 5.78 Å². The Hall–Kier alpha value is -1.77. The first-order valence-electron chi connectivity index (χ1n) is 5.66. The molecule has 0 aliphatic heterocycles. The standard InChI is InChI=1S/C14H16O3/c1-7-4-5-10-11(6-7)13(16)8(2)12(9(3)15)14(10)17/h4,16-17H,5-6H2,1-3H3. The lowest BCUT2D eigenvalue weighted by Gasteiger charge is -2.21. The van der Waals surface area contributed by atoms with Crippen LogP contribution in [0.15, 0.2) is 11.6 Å². The van der Waals surface area contributed by atoms with Crippen LogP contribution in [0.4, 0.5) is 0 Å². The van der Waals surface area contributed by atoms with Crippen molar-refractivity contribution in [2.45, 2.75) is 33.6 Å². The van der Waals surface area contributed by atoms with Crippen LogP contribution in [0.25, 0.3) is 0 Å². The van der Waals surface area contributed by atoms with Crippen molar-refractivity contribution in [3.63, 3.8) is 0 Å². The summed E-state index contributed by atoms with van der Waals surface area (Å²) in [5, 5.41) is 20.3. The number of hydrogen-bond donors (Lipinski definition) is 2. The highest BCUT2D eigenvalue weighted by atomic mass is 16.3. The van der Waals surface area contributed by atoms with Crippen molar-refractivity contribution in [1.82, 2.24) is 0 Å². The molecule has 0 saturated heterocycles. The van der Waals surface area contributed by atoms with Crippen LogP contribution >= 0.6 is 0 Å². The lowest BCUT2D eigenvalue weighted by atomic mass is 9.86. The van der Waals surface area contributed by atoms with Crippen LogP contribution < -0.4 is 0 Å². The Morgan fingerprint density at radius 3 is 2.41 bits per heavy atom. The first-order valence-corrected chi connectivity index (χ1v) is 5.66. The van der Waals surface area contributed by atoms with E-state index in [9.17, 15) is 15.0 Å². The SMILES string of the molecule is CC(=O)c1c(C)c(O)c2c(c1O)CC=C(C)C2. The van der Waals surface area contributed by atoms with Gasteiger partial charge < -0.3 is 10.2 Å². The number of allylic oxidation sites excluding steroid dienone is 2. The lowest BCUT2D eigenvalue weighted by molar-refractivity contribution is 0.101. The van der Waals surface area contributed by atoms with Crippen molar-refractivity contribution in [1.29, 1.82) is 0 Å². The average molecular weight is 232 g/mol. The predicted octanol–water partition coefficient (Wildman–Crippen LogP) is 2.65. The second-order valence-corrected chi connectivity index (χ2v) is 4.64. The van der Waals surface area contributed by atoms with Gasteiger partial charge in [0.25, 0.3) is 0 Å². The molecule has 2 rings (SSSR count). The molecule has 0 amide bonds. The van der Waals surface area contributed by atoms with Gasteiger partial charge in [-0.05, 0) is 33.6 Å². The van der Waals surface area contributed by atoms with E-state index < -0.39 is 0 Å². The van der Waals surface area contributed by atoms with Gasteiger partial charge in [0.05, 0.1) is 5.56 Å². The van der Waals surface area contributed by atoms with Gasteiger partial charge in [-0.3, -0.25) is 4.79 Å². The number of Topliss-reactive ketones (excluding diaryl/α,β-unsaturated/α-hetero) is 1. The molecule has 0 aromatic heterocycles. The number of fused-ring (bicyclic) bond motifs is 1. The minimum absolute atomic E-state index is 0.0338. The molecule has 3 heteroatoms. The fourth-order valence-electron chi connectivity index (χ4n) is 2.43. The van der Waals surface area contributed by atoms with Crippen molar-refractivity contribution in [2.24, 2.45) is 0 Å². The highest BCUT2D eigenvalue weighted by Crippen LogP contribution is 2.40. The monoisotopic (exact) mass is 232 g/mol. The van der Waals surface area contributed by atoms with Crippen molar-refractivity contribution in [3.8, 4) is 11.5 Å². The quantitative estimate of drug-likeness (QED) is 0.444. The van der Waals surface area contributed by atoms with Gasteiger partial charge in [0.1, 0.15) is 11.5 Å². The van der Waals surface area contributed by atoms with E-state index in [2.05, 4.69) is 0 Å². The number of hydrogen-bond acceptors (Lipinski definition) is 3. The van der Waals surface area contributed by atoms with E-state index in [0.29, 0.717) is 24.0 Å². The van der Waals surface area contributed by atoms with Crippen LogP contribution in [-0.4, -0.2) is 16.0 Å². The predicted molar refractivity (Wildman–Crippen MR) is 65.7 cm³/mol. The first kappa shape index (κ1) is 11.7. The number of phenols is 2. The summed E-state index contributed by atoms with van der Waals surface area (Å²) in [6, 6.07) is 0. The lowest BCUT2D eigenvalue weighted by Crippen LogP contribution is -2.08. The molecule has 0 atom stereocenters. The van der Waals surface area contributed by atoms with Crippen LogP contribution in [-0.2, 0) is 12.8 Å². The third-order valence-corrected chi connectivity index (χ3v) is 3.37. The summed E-state index contributed by atoms with van der Waals surface area (Å²) in [5.41, 5.74) is 3.33. The molecule has 0 bridgehead atoms. The third-order valence-electron chi connectivity index (χ3n) is 3.37. The fraction of sp³-hybridized carbons (Fsp3) is 0.357. The summed E-state index contributed by atoms with van der Waals surface area (Å²) in [4.78, 5) is 11.5. The molecule has 1 aliphatic rings. The topological polar surface area (TPSA) is 57.5 Å². The van der Waals surface area contributed by atoms with Crippen molar-refractivity contribution in [2.75, 3.05) is 0 Å². The van der Waals surface area contributed by atoms with Crippen LogP contribution in [0.1, 0.15) is 40.9 Å². The number of ketones is 1. The zero-order valence-corrected chi connectivity index (χ0v) is 10.3. The molecule has 17 heavy (non-hydrogen) atoms. The summed E-state index contributed by atoms with van der Waals surface area (Å²) in [5.74, 6) is -0.0358. The Labute approximate surface area is 100 Å². The van der Waals surface area contributed by atoms with E-state index in [0.717, 1.165) is 5.56 Å². The smallest absolute Gasteiger partial charge is 0.163 e. The molecular weight excluding hydrogens is 216 g/mol. The molecule has 1 aromatic carbocycles. The van der Waals surface area contributed by atoms with E-state index in [-0.39, 0.29) is 22.8 Å². The van der Waals surface area contributed by atoms with Gasteiger partial charge >= 0.3 is 0 Å². The molecule has 90 valence electrons. The molecule has 0 fully saturated rings. The molecule has 0 unspecified atom stereocenters. The molecular formula is C14H16O3. The number of carbonyl (C=O) groups is 1. The van der Waals surface area contributed by atoms with Crippen LogP contribution in [0.2, 0.25) is 0 Å². The number of carbonyl (C=O) groups excluding carboxylic acids is 1. The number of phenolic OH excluding ortho intramolecular Hbond substituents is 2. The van der Waals surface area contributed by atoms with Gasteiger partial charge in [0.2, 0.25) is 0 Å². The Morgan fingerprint density at radius 1 is 1.18 bits per heavy atom. The van der Waals surface area contributed by atoms with E-state index >= 15 is 0 Å².